The van der Waals surface area contributed by atoms with E-state index in [-0.39, 0.29) is 23.2 Å². The Morgan fingerprint density at radius 1 is 1.36 bits per heavy atom. The number of aromatic hydroxyl groups is 1. The highest BCUT2D eigenvalue weighted by atomic mass is 16.5. The standard InChI is InChI=1S/C18H20N4O3/c1-5-11(2)22-17(23)13(10-19)12(3)16(18(22)24)21-20-14-8-6-7-9-15(14)25-4/h6-9,11,23H,5H2,1-4H3. The SMILES string of the molecule is CCC(C)n1c(O)c(C#N)c(C)c(N=Nc2ccccc2OC)c1=O. The maximum absolute atomic E-state index is 12.8. The van der Waals surface area contributed by atoms with Gasteiger partial charge in [0.1, 0.15) is 23.1 Å². The van der Waals surface area contributed by atoms with Crippen molar-refractivity contribution in [2.24, 2.45) is 10.2 Å². The number of para-hydroxylation sites is 1. The van der Waals surface area contributed by atoms with E-state index in [0.717, 1.165) is 0 Å². The first-order valence-corrected chi connectivity index (χ1v) is 7.89. The lowest BCUT2D eigenvalue weighted by Gasteiger charge is -2.17. The van der Waals surface area contributed by atoms with E-state index in [0.29, 0.717) is 23.4 Å². The molecule has 0 saturated heterocycles. The Balaban J connectivity index is 2.68. The van der Waals surface area contributed by atoms with Crippen LogP contribution in [-0.2, 0) is 0 Å². The van der Waals surface area contributed by atoms with E-state index in [4.69, 9.17) is 4.74 Å². The average Bonchev–Trinajstić information content (AvgIpc) is 2.62. The second-order valence-corrected chi connectivity index (χ2v) is 5.59. The minimum absolute atomic E-state index is 0.0221. The molecule has 0 aliphatic carbocycles. The van der Waals surface area contributed by atoms with E-state index in [1.54, 1.807) is 38.1 Å². The lowest BCUT2D eigenvalue weighted by molar-refractivity contribution is 0.372. The van der Waals surface area contributed by atoms with Crippen LogP contribution in [0.2, 0.25) is 0 Å². The predicted molar refractivity (Wildman–Crippen MR) is 94.0 cm³/mol. The van der Waals surface area contributed by atoms with Crippen LogP contribution in [0.4, 0.5) is 11.4 Å². The normalized spacial score (nSPS) is 12.1. The van der Waals surface area contributed by atoms with Gasteiger partial charge >= 0.3 is 0 Å². The minimum Gasteiger partial charge on any atom is -0.494 e. The Bertz CT molecular complexity index is 910. The topological polar surface area (TPSA) is 100.0 Å². The molecule has 130 valence electrons. The first-order chi connectivity index (χ1) is 12.0. The third kappa shape index (κ3) is 3.38. The quantitative estimate of drug-likeness (QED) is 0.827. The largest absolute Gasteiger partial charge is 0.494 e. The number of pyridine rings is 1. The van der Waals surface area contributed by atoms with E-state index >= 15 is 0 Å². The Labute approximate surface area is 145 Å². The molecule has 1 aromatic carbocycles. The summed E-state index contributed by atoms with van der Waals surface area (Å²) in [6.45, 7) is 5.24. The van der Waals surface area contributed by atoms with Crippen LogP contribution in [0.15, 0.2) is 39.3 Å². The van der Waals surface area contributed by atoms with Crippen LogP contribution in [0, 0.1) is 18.3 Å². The molecular formula is C18H20N4O3. The highest BCUT2D eigenvalue weighted by molar-refractivity contribution is 5.57. The van der Waals surface area contributed by atoms with Gasteiger partial charge in [0.15, 0.2) is 5.69 Å². The van der Waals surface area contributed by atoms with Crippen molar-refractivity contribution in [3.63, 3.8) is 0 Å². The zero-order valence-corrected chi connectivity index (χ0v) is 14.6. The predicted octanol–water partition coefficient (Wildman–Crippen LogP) is 4.13. The summed E-state index contributed by atoms with van der Waals surface area (Å²) in [6.07, 6.45) is 0.616. The molecule has 0 aliphatic heterocycles. The van der Waals surface area contributed by atoms with Gasteiger partial charge in [-0.05, 0) is 32.4 Å². The summed E-state index contributed by atoms with van der Waals surface area (Å²) in [5, 5.41) is 27.8. The van der Waals surface area contributed by atoms with Crippen molar-refractivity contribution in [3.8, 4) is 17.7 Å². The smallest absolute Gasteiger partial charge is 0.281 e. The highest BCUT2D eigenvalue weighted by Crippen LogP contribution is 2.31. The molecular weight excluding hydrogens is 320 g/mol. The zero-order valence-electron chi connectivity index (χ0n) is 14.6. The fourth-order valence-electron chi connectivity index (χ4n) is 2.44. The summed E-state index contributed by atoms with van der Waals surface area (Å²) < 4.78 is 6.39. The van der Waals surface area contributed by atoms with Crippen molar-refractivity contribution in [1.29, 1.82) is 5.26 Å². The fourth-order valence-corrected chi connectivity index (χ4v) is 2.44. The molecule has 0 bridgehead atoms. The van der Waals surface area contributed by atoms with Crippen LogP contribution in [-0.4, -0.2) is 16.8 Å². The summed E-state index contributed by atoms with van der Waals surface area (Å²) in [6, 6.07) is 8.67. The summed E-state index contributed by atoms with van der Waals surface area (Å²) in [7, 11) is 1.52. The molecule has 7 heteroatoms. The zero-order chi connectivity index (χ0) is 18.6. The molecule has 0 aliphatic rings. The van der Waals surface area contributed by atoms with E-state index in [1.807, 2.05) is 13.0 Å². The number of hydrogen-bond acceptors (Lipinski definition) is 6. The van der Waals surface area contributed by atoms with Gasteiger partial charge in [-0.15, -0.1) is 10.2 Å². The van der Waals surface area contributed by atoms with Crippen LogP contribution in [0.3, 0.4) is 0 Å². The van der Waals surface area contributed by atoms with Crippen LogP contribution in [0.5, 0.6) is 11.6 Å². The van der Waals surface area contributed by atoms with Crippen molar-refractivity contribution < 1.29 is 9.84 Å². The van der Waals surface area contributed by atoms with Crippen molar-refractivity contribution in [2.75, 3.05) is 7.11 Å². The van der Waals surface area contributed by atoms with Gasteiger partial charge in [0.05, 0.1) is 7.11 Å². The molecule has 0 spiro atoms. The van der Waals surface area contributed by atoms with Crippen molar-refractivity contribution in [3.05, 3.63) is 45.7 Å². The van der Waals surface area contributed by atoms with Gasteiger partial charge in [-0.1, -0.05) is 19.1 Å². The van der Waals surface area contributed by atoms with E-state index in [1.165, 1.54) is 11.7 Å². The summed E-state index contributed by atoms with van der Waals surface area (Å²) in [5.74, 6) is 0.182. The number of methoxy groups -OCH3 is 1. The van der Waals surface area contributed by atoms with E-state index < -0.39 is 5.56 Å². The first kappa shape index (κ1) is 18.2. The molecule has 0 saturated carbocycles. The van der Waals surface area contributed by atoms with Crippen LogP contribution in [0.1, 0.15) is 37.4 Å². The monoisotopic (exact) mass is 340 g/mol. The van der Waals surface area contributed by atoms with E-state index in [2.05, 4.69) is 10.2 Å². The summed E-state index contributed by atoms with van der Waals surface area (Å²) >= 11 is 0. The number of aromatic nitrogens is 1. The van der Waals surface area contributed by atoms with Crippen molar-refractivity contribution in [2.45, 2.75) is 33.2 Å². The van der Waals surface area contributed by atoms with Gasteiger partial charge in [0, 0.05) is 11.6 Å². The molecule has 1 aromatic heterocycles. The second-order valence-electron chi connectivity index (χ2n) is 5.59. The molecule has 1 N–H and O–H groups in total. The van der Waals surface area contributed by atoms with Crippen molar-refractivity contribution >= 4 is 11.4 Å². The molecule has 0 radical (unpaired) electrons. The molecule has 7 nitrogen and oxygen atoms in total. The number of azo groups is 1. The molecule has 2 aromatic rings. The second kappa shape index (κ2) is 7.62. The number of hydrogen-bond donors (Lipinski definition) is 1. The van der Waals surface area contributed by atoms with E-state index in [9.17, 15) is 15.2 Å². The lowest BCUT2D eigenvalue weighted by atomic mass is 10.1. The number of nitrogens with zero attached hydrogens (tertiary/aromatic N) is 4. The number of rotatable bonds is 5. The minimum atomic E-state index is -0.484. The van der Waals surface area contributed by atoms with Crippen molar-refractivity contribution in [1.82, 2.24) is 4.57 Å². The molecule has 0 fully saturated rings. The molecule has 0 amide bonds. The maximum atomic E-state index is 12.8. The molecule has 1 heterocycles. The van der Waals surface area contributed by atoms with Crippen LogP contribution in [0.25, 0.3) is 0 Å². The molecule has 25 heavy (non-hydrogen) atoms. The summed E-state index contributed by atoms with van der Waals surface area (Å²) in [5.41, 5.74) is 0.324. The van der Waals surface area contributed by atoms with Gasteiger partial charge < -0.3 is 9.84 Å². The number of nitriles is 1. The van der Waals surface area contributed by atoms with Gasteiger partial charge in [-0.25, -0.2) is 0 Å². The third-order valence-corrected chi connectivity index (χ3v) is 4.09. The Kier molecular flexibility index (Phi) is 5.55. The number of benzene rings is 1. The lowest BCUT2D eigenvalue weighted by Crippen LogP contribution is -2.24. The molecule has 2 rings (SSSR count). The fraction of sp³-hybridized carbons (Fsp3) is 0.333. The third-order valence-electron chi connectivity index (χ3n) is 4.09. The average molecular weight is 340 g/mol. The first-order valence-electron chi connectivity index (χ1n) is 7.89. The Morgan fingerprint density at radius 3 is 2.64 bits per heavy atom. The highest BCUT2D eigenvalue weighted by Gasteiger charge is 2.21. The Morgan fingerprint density at radius 2 is 2.04 bits per heavy atom. The van der Waals surface area contributed by atoms with Crippen LogP contribution < -0.4 is 10.3 Å². The number of ether oxygens (including phenoxy) is 1. The van der Waals surface area contributed by atoms with Gasteiger partial charge in [-0.3, -0.25) is 9.36 Å². The van der Waals surface area contributed by atoms with Gasteiger partial charge in [-0.2, -0.15) is 5.26 Å². The molecule has 1 atom stereocenters. The van der Waals surface area contributed by atoms with Gasteiger partial charge in [0.25, 0.3) is 5.56 Å². The van der Waals surface area contributed by atoms with Crippen LogP contribution >= 0.6 is 0 Å². The Hall–Kier alpha value is -3.14. The van der Waals surface area contributed by atoms with Gasteiger partial charge in [0.2, 0.25) is 5.88 Å². The maximum Gasteiger partial charge on any atom is 0.281 e. The molecule has 1 unspecified atom stereocenters. The summed E-state index contributed by atoms with van der Waals surface area (Å²) in [4.78, 5) is 12.8.